The Bertz CT molecular complexity index is 618. The molecule has 0 radical (unpaired) electrons. The van der Waals surface area contributed by atoms with Gasteiger partial charge < -0.3 is 10.2 Å². The summed E-state index contributed by atoms with van der Waals surface area (Å²) in [5, 5.41) is 0. The first-order valence-corrected chi connectivity index (χ1v) is 8.35. The van der Waals surface area contributed by atoms with Crippen molar-refractivity contribution in [3.8, 4) is 0 Å². The lowest BCUT2D eigenvalue weighted by Crippen LogP contribution is -2.20. The minimum atomic E-state index is 0.523. The highest BCUT2D eigenvalue weighted by Gasteiger charge is 2.17. The summed E-state index contributed by atoms with van der Waals surface area (Å²) in [6, 6.07) is 8.20. The van der Waals surface area contributed by atoms with Crippen molar-refractivity contribution in [3.63, 3.8) is 0 Å². The number of nitrogens with one attached hydrogen (secondary N) is 1. The number of nitrogens with two attached hydrogens (primary N) is 1. The van der Waals surface area contributed by atoms with E-state index >= 15 is 0 Å². The molecule has 3 N–H and O–H groups in total. The number of rotatable bonds is 4. The molecule has 0 atom stereocenters. The van der Waals surface area contributed by atoms with Crippen LogP contribution in [0, 0.1) is 0 Å². The van der Waals surface area contributed by atoms with Gasteiger partial charge in [-0.25, -0.2) is 15.8 Å². The number of hydrogen-bond acceptors (Lipinski definition) is 6. The van der Waals surface area contributed by atoms with Gasteiger partial charge in [0.1, 0.15) is 11.6 Å². The van der Waals surface area contributed by atoms with Gasteiger partial charge in [0.15, 0.2) is 0 Å². The number of halogens is 1. The van der Waals surface area contributed by atoms with Crippen molar-refractivity contribution in [3.05, 3.63) is 45.8 Å². The maximum absolute atomic E-state index is 5.56. The molecule has 0 bridgehead atoms. The quantitative estimate of drug-likeness (QED) is 0.492. The van der Waals surface area contributed by atoms with Gasteiger partial charge in [-0.1, -0.05) is 15.9 Å². The maximum Gasteiger partial charge on any atom is 0.149 e. The number of fused-ring (bicyclic) bond motifs is 1. The highest BCUT2D eigenvalue weighted by molar-refractivity contribution is 9.10. The summed E-state index contributed by atoms with van der Waals surface area (Å²) in [6.45, 7) is 1.22. The molecule has 0 unspecified atom stereocenters. The van der Waals surface area contributed by atoms with Gasteiger partial charge in [0, 0.05) is 21.4 Å². The SMILES string of the molecule is NNc1nc(CSc2ccc(Br)cc2)nc2c1COCC2. The van der Waals surface area contributed by atoms with Crippen LogP contribution < -0.4 is 11.3 Å². The van der Waals surface area contributed by atoms with Crippen LogP contribution in [0.15, 0.2) is 33.6 Å². The van der Waals surface area contributed by atoms with Gasteiger partial charge in [-0.2, -0.15) is 0 Å². The van der Waals surface area contributed by atoms with Gasteiger partial charge in [-0.15, -0.1) is 11.8 Å². The third kappa shape index (κ3) is 3.55. The van der Waals surface area contributed by atoms with E-state index in [-0.39, 0.29) is 0 Å². The Hall–Kier alpha value is -1.15. The number of hydrogen-bond donors (Lipinski definition) is 2. The summed E-state index contributed by atoms with van der Waals surface area (Å²) in [6.07, 6.45) is 0.808. The predicted molar refractivity (Wildman–Crippen MR) is 86.9 cm³/mol. The molecule has 5 nitrogen and oxygen atoms in total. The number of benzene rings is 1. The van der Waals surface area contributed by atoms with Crippen molar-refractivity contribution >= 4 is 33.5 Å². The largest absolute Gasteiger partial charge is 0.376 e. The van der Waals surface area contributed by atoms with E-state index in [1.165, 1.54) is 4.90 Å². The second-order valence-corrected chi connectivity index (χ2v) is 6.57. The van der Waals surface area contributed by atoms with Crippen LogP contribution in [-0.2, 0) is 23.5 Å². The molecule has 2 heterocycles. The summed E-state index contributed by atoms with van der Waals surface area (Å²) >= 11 is 5.14. The van der Waals surface area contributed by atoms with Gasteiger partial charge >= 0.3 is 0 Å². The topological polar surface area (TPSA) is 73.1 Å². The summed E-state index contributed by atoms with van der Waals surface area (Å²) in [4.78, 5) is 10.3. The monoisotopic (exact) mass is 366 g/mol. The van der Waals surface area contributed by atoms with Crippen LogP contribution in [0.2, 0.25) is 0 Å². The molecule has 0 saturated carbocycles. The molecule has 1 aromatic carbocycles. The molecule has 0 aliphatic carbocycles. The number of ether oxygens (including phenoxy) is 1. The van der Waals surface area contributed by atoms with Gasteiger partial charge in [0.05, 0.1) is 24.7 Å². The van der Waals surface area contributed by atoms with Crippen molar-refractivity contribution in [2.45, 2.75) is 23.7 Å². The molecule has 1 aromatic heterocycles. The van der Waals surface area contributed by atoms with E-state index in [0.717, 1.165) is 28.0 Å². The molecule has 0 fully saturated rings. The van der Waals surface area contributed by atoms with Gasteiger partial charge in [0.25, 0.3) is 0 Å². The third-order valence-corrected chi connectivity index (χ3v) is 4.72. The fourth-order valence-electron chi connectivity index (χ4n) is 2.15. The lowest BCUT2D eigenvalue weighted by Gasteiger charge is -2.19. The van der Waals surface area contributed by atoms with Crippen LogP contribution in [0.5, 0.6) is 0 Å². The number of hydrazine groups is 1. The zero-order chi connectivity index (χ0) is 14.7. The van der Waals surface area contributed by atoms with Crippen molar-refractivity contribution in [2.75, 3.05) is 12.0 Å². The zero-order valence-corrected chi connectivity index (χ0v) is 13.7. The normalized spacial score (nSPS) is 13.8. The van der Waals surface area contributed by atoms with E-state index in [1.54, 1.807) is 11.8 Å². The molecule has 1 aliphatic heterocycles. The number of nitrogen functional groups attached to an aromatic ring is 1. The second kappa shape index (κ2) is 6.74. The van der Waals surface area contributed by atoms with E-state index in [9.17, 15) is 0 Å². The lowest BCUT2D eigenvalue weighted by molar-refractivity contribution is 0.109. The minimum Gasteiger partial charge on any atom is -0.376 e. The standard InChI is InChI=1S/C14H15BrN4OS/c15-9-1-3-10(4-2-9)21-8-13-17-12-5-6-20-7-11(12)14(18-13)19-16/h1-4H,5-8,16H2,(H,17,18,19). The van der Waals surface area contributed by atoms with Crippen LogP contribution in [0.25, 0.3) is 0 Å². The van der Waals surface area contributed by atoms with Crippen LogP contribution in [-0.4, -0.2) is 16.6 Å². The van der Waals surface area contributed by atoms with Crippen LogP contribution in [0.1, 0.15) is 17.1 Å². The molecular formula is C14H15BrN4OS. The molecule has 110 valence electrons. The Kier molecular flexibility index (Phi) is 4.74. The Labute approximate surface area is 135 Å². The van der Waals surface area contributed by atoms with Crippen molar-refractivity contribution < 1.29 is 4.74 Å². The van der Waals surface area contributed by atoms with Crippen LogP contribution >= 0.6 is 27.7 Å². The molecule has 0 spiro atoms. The Morgan fingerprint density at radius 1 is 1.29 bits per heavy atom. The molecule has 3 rings (SSSR count). The maximum atomic E-state index is 5.56. The number of anilines is 1. The Morgan fingerprint density at radius 2 is 2.10 bits per heavy atom. The van der Waals surface area contributed by atoms with Crippen LogP contribution in [0.3, 0.4) is 0 Å². The Balaban J connectivity index is 1.77. The summed E-state index contributed by atoms with van der Waals surface area (Å²) in [5.74, 6) is 7.73. The Morgan fingerprint density at radius 3 is 2.86 bits per heavy atom. The van der Waals surface area contributed by atoms with E-state index < -0.39 is 0 Å². The predicted octanol–water partition coefficient (Wildman–Crippen LogP) is 2.89. The highest BCUT2D eigenvalue weighted by Crippen LogP contribution is 2.26. The fourth-order valence-corrected chi connectivity index (χ4v) is 3.16. The van der Waals surface area contributed by atoms with Crippen molar-refractivity contribution in [2.24, 2.45) is 5.84 Å². The third-order valence-electron chi connectivity index (χ3n) is 3.19. The van der Waals surface area contributed by atoms with Crippen molar-refractivity contribution in [1.82, 2.24) is 9.97 Å². The van der Waals surface area contributed by atoms with Gasteiger partial charge in [-0.3, -0.25) is 0 Å². The molecule has 0 saturated heterocycles. The first-order valence-electron chi connectivity index (χ1n) is 6.57. The zero-order valence-electron chi connectivity index (χ0n) is 11.3. The fraction of sp³-hybridized carbons (Fsp3) is 0.286. The average Bonchev–Trinajstić information content (AvgIpc) is 2.53. The smallest absolute Gasteiger partial charge is 0.149 e. The molecule has 2 aromatic rings. The number of thioether (sulfide) groups is 1. The summed E-state index contributed by atoms with van der Waals surface area (Å²) in [7, 11) is 0. The van der Waals surface area contributed by atoms with E-state index in [0.29, 0.717) is 24.8 Å². The molecule has 21 heavy (non-hydrogen) atoms. The lowest BCUT2D eigenvalue weighted by atomic mass is 10.1. The highest BCUT2D eigenvalue weighted by atomic mass is 79.9. The molecule has 0 amide bonds. The first kappa shape index (κ1) is 14.8. The molecular weight excluding hydrogens is 352 g/mol. The summed E-state index contributed by atoms with van der Waals surface area (Å²) in [5.41, 5.74) is 4.67. The van der Waals surface area contributed by atoms with Crippen LogP contribution in [0.4, 0.5) is 5.82 Å². The average molecular weight is 367 g/mol. The molecule has 7 heteroatoms. The summed E-state index contributed by atoms with van der Waals surface area (Å²) < 4.78 is 6.51. The minimum absolute atomic E-state index is 0.523. The van der Waals surface area contributed by atoms with Crippen molar-refractivity contribution in [1.29, 1.82) is 0 Å². The first-order chi connectivity index (χ1) is 10.3. The van der Waals surface area contributed by atoms with Gasteiger partial charge in [0.2, 0.25) is 0 Å². The second-order valence-electron chi connectivity index (χ2n) is 4.60. The van der Waals surface area contributed by atoms with Gasteiger partial charge in [-0.05, 0) is 24.3 Å². The van der Waals surface area contributed by atoms with E-state index in [2.05, 4.69) is 43.5 Å². The molecule has 1 aliphatic rings. The number of aromatic nitrogens is 2. The van der Waals surface area contributed by atoms with E-state index in [1.807, 2.05) is 12.1 Å². The number of nitrogens with zero attached hydrogens (tertiary/aromatic N) is 2. The van der Waals surface area contributed by atoms with E-state index in [4.69, 9.17) is 10.6 Å².